The third-order valence-corrected chi connectivity index (χ3v) is 7.67. The minimum atomic E-state index is -3.20. The third-order valence-electron chi connectivity index (χ3n) is 4.38. The molecule has 5 heteroatoms. The summed E-state index contributed by atoms with van der Waals surface area (Å²) in [6.45, 7) is 13.0. The van der Waals surface area contributed by atoms with Crippen molar-refractivity contribution in [2.75, 3.05) is 0 Å². The van der Waals surface area contributed by atoms with E-state index in [9.17, 15) is 4.79 Å². The van der Waals surface area contributed by atoms with E-state index in [-0.39, 0.29) is 18.0 Å². The van der Waals surface area contributed by atoms with Crippen molar-refractivity contribution in [2.45, 2.75) is 72.3 Å². The van der Waals surface area contributed by atoms with Crippen LogP contribution >= 0.6 is 0 Å². The molecule has 0 radical (unpaired) electrons. The molecule has 0 aromatic heterocycles. The summed E-state index contributed by atoms with van der Waals surface area (Å²) in [6, 6.07) is 15.0. The van der Waals surface area contributed by atoms with Crippen LogP contribution in [-0.2, 0) is 24.1 Å². The number of benzene rings is 2. The first-order valence-electron chi connectivity index (χ1n) is 9.58. The van der Waals surface area contributed by atoms with Crippen LogP contribution in [0.3, 0.4) is 0 Å². The first kappa shape index (κ1) is 21.8. The quantitative estimate of drug-likeness (QED) is 0.561. The molecule has 0 saturated heterocycles. The fraction of sp³-hybridized carbons (Fsp3) is 0.500. The van der Waals surface area contributed by atoms with Crippen LogP contribution in [-0.4, -0.2) is 32.4 Å². The molecule has 0 heterocycles. The first-order chi connectivity index (χ1) is 12.5. The Bertz CT molecular complexity index is 767. The standard InChI is InChI=1S/C22H32O4Si/c1-16(2)24-27(25-17(3)4,26-22(6,7)18(5)23)15-20-13-10-12-19-11-8-9-14-21(19)20/h8-14,16-17H,15H2,1-7H3. The van der Waals surface area contributed by atoms with E-state index in [4.69, 9.17) is 13.3 Å². The van der Waals surface area contributed by atoms with Crippen LogP contribution < -0.4 is 0 Å². The van der Waals surface area contributed by atoms with Gasteiger partial charge in [-0.2, -0.15) is 0 Å². The number of Topliss-reactive ketones (excluding diaryl/α,β-unsaturated/α-hetero) is 1. The lowest BCUT2D eigenvalue weighted by atomic mass is 10.1. The monoisotopic (exact) mass is 388 g/mol. The molecule has 0 saturated carbocycles. The van der Waals surface area contributed by atoms with Crippen molar-refractivity contribution >= 4 is 25.4 Å². The van der Waals surface area contributed by atoms with Crippen LogP contribution in [0, 0.1) is 0 Å². The molecule has 0 amide bonds. The van der Waals surface area contributed by atoms with Crippen molar-refractivity contribution in [3.63, 3.8) is 0 Å². The van der Waals surface area contributed by atoms with Crippen LogP contribution in [0.4, 0.5) is 0 Å². The van der Waals surface area contributed by atoms with Crippen LogP contribution in [0.5, 0.6) is 0 Å². The van der Waals surface area contributed by atoms with Gasteiger partial charge < -0.3 is 13.3 Å². The Morgan fingerprint density at radius 2 is 1.52 bits per heavy atom. The molecule has 0 unspecified atom stereocenters. The molecule has 0 aliphatic rings. The van der Waals surface area contributed by atoms with Crippen molar-refractivity contribution in [3.05, 3.63) is 48.0 Å². The molecule has 0 N–H and O–H groups in total. The van der Waals surface area contributed by atoms with Gasteiger partial charge in [0.05, 0.1) is 0 Å². The lowest BCUT2D eigenvalue weighted by molar-refractivity contribution is -0.135. The minimum Gasteiger partial charge on any atom is -0.371 e. The van der Waals surface area contributed by atoms with E-state index in [1.54, 1.807) is 20.8 Å². The fourth-order valence-corrected chi connectivity index (χ4v) is 6.58. The zero-order valence-electron chi connectivity index (χ0n) is 17.5. The summed E-state index contributed by atoms with van der Waals surface area (Å²) < 4.78 is 19.1. The molecule has 0 fully saturated rings. The lowest BCUT2D eigenvalue weighted by Gasteiger charge is -2.38. The van der Waals surface area contributed by atoms with E-state index in [0.717, 1.165) is 16.3 Å². The Morgan fingerprint density at radius 3 is 2.07 bits per heavy atom. The van der Waals surface area contributed by atoms with Gasteiger partial charge in [-0.15, -0.1) is 0 Å². The van der Waals surface area contributed by atoms with E-state index in [2.05, 4.69) is 24.3 Å². The van der Waals surface area contributed by atoms with E-state index in [1.807, 2.05) is 45.9 Å². The lowest BCUT2D eigenvalue weighted by Crippen LogP contribution is -2.57. The van der Waals surface area contributed by atoms with Gasteiger partial charge in [0, 0.05) is 18.3 Å². The summed E-state index contributed by atoms with van der Waals surface area (Å²) in [4.78, 5) is 12.2. The molecule has 2 rings (SSSR count). The van der Waals surface area contributed by atoms with Crippen LogP contribution in [0.2, 0.25) is 0 Å². The van der Waals surface area contributed by atoms with Crippen molar-refractivity contribution < 1.29 is 18.1 Å². The summed E-state index contributed by atoms with van der Waals surface area (Å²) >= 11 is 0. The van der Waals surface area contributed by atoms with Gasteiger partial charge in [0.1, 0.15) is 5.60 Å². The molecule has 0 atom stereocenters. The largest absolute Gasteiger partial charge is 0.506 e. The minimum absolute atomic E-state index is 0.0444. The molecule has 148 valence electrons. The highest BCUT2D eigenvalue weighted by Crippen LogP contribution is 2.29. The maximum Gasteiger partial charge on any atom is 0.506 e. The van der Waals surface area contributed by atoms with E-state index >= 15 is 0 Å². The van der Waals surface area contributed by atoms with Gasteiger partial charge in [-0.1, -0.05) is 42.5 Å². The Kier molecular flexibility index (Phi) is 6.97. The predicted octanol–water partition coefficient (Wildman–Crippen LogP) is 5.09. The Hall–Kier alpha value is -1.53. The summed E-state index contributed by atoms with van der Waals surface area (Å²) in [5, 5.41) is 2.32. The topological polar surface area (TPSA) is 44.8 Å². The predicted molar refractivity (Wildman–Crippen MR) is 112 cm³/mol. The molecule has 2 aromatic rings. The average Bonchev–Trinajstić information content (AvgIpc) is 2.53. The van der Waals surface area contributed by atoms with E-state index < -0.39 is 14.4 Å². The molecule has 0 aliphatic carbocycles. The summed E-state index contributed by atoms with van der Waals surface area (Å²) in [7, 11) is -3.20. The zero-order chi connectivity index (χ0) is 20.2. The highest BCUT2D eigenvalue weighted by molar-refractivity contribution is 6.60. The van der Waals surface area contributed by atoms with Crippen molar-refractivity contribution in [1.29, 1.82) is 0 Å². The molecular weight excluding hydrogens is 356 g/mol. The Balaban J connectivity index is 2.53. The Labute approximate surface area is 164 Å². The van der Waals surface area contributed by atoms with Crippen molar-refractivity contribution in [2.24, 2.45) is 0 Å². The average molecular weight is 389 g/mol. The van der Waals surface area contributed by atoms with Gasteiger partial charge in [-0.05, 0) is 64.8 Å². The highest BCUT2D eigenvalue weighted by Gasteiger charge is 2.49. The highest BCUT2D eigenvalue weighted by atomic mass is 28.4. The van der Waals surface area contributed by atoms with Crippen LogP contribution in [0.1, 0.15) is 54.0 Å². The normalized spacial score (nSPS) is 12.9. The summed E-state index contributed by atoms with van der Waals surface area (Å²) in [6.07, 6.45) is -0.152. The molecular formula is C22H32O4Si. The number of rotatable bonds is 9. The molecule has 0 spiro atoms. The molecule has 4 nitrogen and oxygen atoms in total. The molecule has 27 heavy (non-hydrogen) atoms. The second-order valence-corrected chi connectivity index (χ2v) is 10.4. The SMILES string of the molecule is CC(=O)C(C)(C)O[Si](Cc1cccc2ccccc12)(OC(C)C)OC(C)C. The van der Waals surface area contributed by atoms with Crippen LogP contribution in [0.15, 0.2) is 42.5 Å². The molecule has 0 bridgehead atoms. The molecule has 2 aromatic carbocycles. The van der Waals surface area contributed by atoms with Gasteiger partial charge in [0.15, 0.2) is 5.78 Å². The summed E-state index contributed by atoms with van der Waals surface area (Å²) in [5.41, 5.74) is 0.140. The number of ketones is 1. The maximum atomic E-state index is 12.2. The van der Waals surface area contributed by atoms with Gasteiger partial charge >= 0.3 is 8.80 Å². The maximum absolute atomic E-state index is 12.2. The Morgan fingerprint density at radius 1 is 0.963 bits per heavy atom. The first-order valence-corrected chi connectivity index (χ1v) is 11.5. The van der Waals surface area contributed by atoms with Crippen LogP contribution in [0.25, 0.3) is 10.8 Å². The number of hydrogen-bond acceptors (Lipinski definition) is 4. The third kappa shape index (κ3) is 5.72. The van der Waals surface area contributed by atoms with Gasteiger partial charge in [-0.3, -0.25) is 4.79 Å². The fourth-order valence-electron chi connectivity index (χ4n) is 3.05. The number of hydrogen-bond donors (Lipinski definition) is 0. The summed E-state index contributed by atoms with van der Waals surface area (Å²) in [5.74, 6) is -0.0444. The van der Waals surface area contributed by atoms with Gasteiger partial charge in [0.25, 0.3) is 0 Å². The second-order valence-electron chi connectivity index (χ2n) is 8.00. The van der Waals surface area contributed by atoms with Crippen molar-refractivity contribution in [3.8, 4) is 0 Å². The zero-order valence-corrected chi connectivity index (χ0v) is 18.5. The number of fused-ring (bicyclic) bond motifs is 1. The number of carbonyl (C=O) groups is 1. The second kappa shape index (κ2) is 8.65. The van der Waals surface area contributed by atoms with Gasteiger partial charge in [0.2, 0.25) is 0 Å². The van der Waals surface area contributed by atoms with E-state index in [0.29, 0.717) is 6.04 Å². The van der Waals surface area contributed by atoms with Gasteiger partial charge in [-0.25, -0.2) is 0 Å². The number of carbonyl (C=O) groups excluding carboxylic acids is 1. The van der Waals surface area contributed by atoms with E-state index in [1.165, 1.54) is 0 Å². The molecule has 0 aliphatic heterocycles. The smallest absolute Gasteiger partial charge is 0.371 e. The van der Waals surface area contributed by atoms with Crippen molar-refractivity contribution in [1.82, 2.24) is 0 Å².